The predicted molar refractivity (Wildman–Crippen MR) is 104 cm³/mol. The van der Waals surface area contributed by atoms with E-state index >= 15 is 0 Å². The number of esters is 2. The number of aliphatic hydroxyl groups is 1. The van der Waals surface area contributed by atoms with Gasteiger partial charge in [0.1, 0.15) is 17.9 Å². The average molecular weight is 415 g/mol. The minimum absolute atomic E-state index is 0.00211. The highest BCUT2D eigenvalue weighted by Gasteiger charge is 2.39. The van der Waals surface area contributed by atoms with Gasteiger partial charge >= 0.3 is 11.9 Å². The van der Waals surface area contributed by atoms with Crippen LogP contribution in [-0.4, -0.2) is 30.3 Å². The number of benzene rings is 1. The van der Waals surface area contributed by atoms with E-state index in [0.29, 0.717) is 11.1 Å². The van der Waals surface area contributed by atoms with Crippen LogP contribution in [0.25, 0.3) is 0 Å². The molecule has 1 aromatic carbocycles. The molecule has 3 N–H and O–H groups in total. The molecule has 0 bridgehead atoms. The Balaban J connectivity index is 2.20. The van der Waals surface area contributed by atoms with Crippen molar-refractivity contribution in [2.24, 2.45) is 5.73 Å². The van der Waals surface area contributed by atoms with Gasteiger partial charge in [-0.2, -0.15) is 0 Å². The second-order valence-electron chi connectivity index (χ2n) is 6.81. The molecule has 3 rings (SSSR count). The topological polar surface area (TPSA) is 138 Å². The summed E-state index contributed by atoms with van der Waals surface area (Å²) in [6, 6.07) is 7.25. The van der Waals surface area contributed by atoms with Crippen LogP contribution in [0.4, 0.5) is 0 Å². The van der Waals surface area contributed by atoms with Crippen LogP contribution in [0.5, 0.6) is 5.75 Å². The molecule has 0 spiro atoms. The summed E-state index contributed by atoms with van der Waals surface area (Å²) in [4.78, 5) is 37.0. The molecular weight excluding hydrogens is 394 g/mol. The summed E-state index contributed by atoms with van der Waals surface area (Å²) in [7, 11) is 1.26. The van der Waals surface area contributed by atoms with Crippen molar-refractivity contribution in [2.45, 2.75) is 32.5 Å². The van der Waals surface area contributed by atoms with Gasteiger partial charge in [-0.25, -0.2) is 9.59 Å². The fourth-order valence-corrected chi connectivity index (χ4v) is 3.10. The maximum absolute atomic E-state index is 12.8. The standard InChI is InChI=1S/C21H21NO8/c1-10(2)28-21(26)16-15(11-4-6-12(7-5-11)20(25)27-3)18-17(30-19(16)22)14(24)8-13(9-23)29-18/h4-8,10,15,23H,9,22H2,1-3H3. The molecule has 9 nitrogen and oxygen atoms in total. The number of nitrogens with two attached hydrogens (primary N) is 1. The van der Waals surface area contributed by atoms with E-state index in [9.17, 15) is 19.5 Å². The van der Waals surface area contributed by atoms with Crippen LogP contribution in [0.3, 0.4) is 0 Å². The summed E-state index contributed by atoms with van der Waals surface area (Å²) < 4.78 is 21.1. The molecule has 1 aliphatic rings. The van der Waals surface area contributed by atoms with E-state index < -0.39 is 36.0 Å². The highest BCUT2D eigenvalue weighted by Crippen LogP contribution is 2.41. The smallest absolute Gasteiger partial charge is 0.340 e. The van der Waals surface area contributed by atoms with Gasteiger partial charge in [0.25, 0.3) is 0 Å². The molecule has 1 unspecified atom stereocenters. The van der Waals surface area contributed by atoms with Gasteiger partial charge in [-0.1, -0.05) is 12.1 Å². The van der Waals surface area contributed by atoms with Crippen LogP contribution >= 0.6 is 0 Å². The normalized spacial score (nSPS) is 15.4. The number of aliphatic hydroxyl groups excluding tert-OH is 1. The molecule has 0 saturated carbocycles. The monoisotopic (exact) mass is 415 g/mol. The number of rotatable bonds is 5. The van der Waals surface area contributed by atoms with E-state index in [0.717, 1.165) is 6.07 Å². The first-order chi connectivity index (χ1) is 14.3. The Morgan fingerprint density at radius 2 is 1.87 bits per heavy atom. The number of ether oxygens (including phenoxy) is 3. The number of carbonyl (C=O) groups is 2. The van der Waals surface area contributed by atoms with Crippen LogP contribution in [-0.2, 0) is 20.9 Å². The molecule has 1 aromatic heterocycles. The Bertz CT molecular complexity index is 1070. The lowest BCUT2D eigenvalue weighted by Gasteiger charge is -2.27. The summed E-state index contributed by atoms with van der Waals surface area (Å²) in [6.45, 7) is 2.83. The Kier molecular flexibility index (Phi) is 5.93. The van der Waals surface area contributed by atoms with E-state index in [-0.39, 0.29) is 28.7 Å². The Hall–Kier alpha value is -3.59. The van der Waals surface area contributed by atoms with Crippen LogP contribution in [0.2, 0.25) is 0 Å². The zero-order chi connectivity index (χ0) is 22.0. The molecule has 0 fully saturated rings. The highest BCUT2D eigenvalue weighted by molar-refractivity contribution is 5.93. The fraction of sp³-hybridized carbons (Fsp3) is 0.286. The highest BCUT2D eigenvalue weighted by atomic mass is 16.5. The van der Waals surface area contributed by atoms with Crippen LogP contribution in [0, 0.1) is 0 Å². The van der Waals surface area contributed by atoms with Crippen molar-refractivity contribution < 1.29 is 33.3 Å². The molecule has 0 saturated heterocycles. The number of hydrogen-bond donors (Lipinski definition) is 2. The van der Waals surface area contributed by atoms with Gasteiger partial charge in [0.05, 0.1) is 24.7 Å². The molecule has 0 amide bonds. The Morgan fingerprint density at radius 1 is 1.20 bits per heavy atom. The largest absolute Gasteiger partial charge is 0.465 e. The van der Waals surface area contributed by atoms with Crippen molar-refractivity contribution in [3.05, 3.63) is 74.7 Å². The van der Waals surface area contributed by atoms with Crippen LogP contribution in [0.15, 0.2) is 51.0 Å². The van der Waals surface area contributed by atoms with E-state index in [4.69, 9.17) is 24.4 Å². The third-order valence-electron chi connectivity index (χ3n) is 4.39. The third kappa shape index (κ3) is 3.92. The molecule has 2 aromatic rings. The number of fused-ring (bicyclic) bond motifs is 1. The average Bonchev–Trinajstić information content (AvgIpc) is 2.72. The predicted octanol–water partition coefficient (Wildman–Crippen LogP) is 1.56. The van der Waals surface area contributed by atoms with Crippen molar-refractivity contribution in [3.8, 4) is 5.75 Å². The molecule has 0 radical (unpaired) electrons. The van der Waals surface area contributed by atoms with E-state index in [1.165, 1.54) is 19.2 Å². The molecule has 158 valence electrons. The summed E-state index contributed by atoms with van der Waals surface area (Å²) in [5.74, 6) is -2.71. The lowest BCUT2D eigenvalue weighted by Crippen LogP contribution is -2.31. The van der Waals surface area contributed by atoms with Crippen molar-refractivity contribution in [2.75, 3.05) is 7.11 Å². The Labute approximate surface area is 171 Å². The van der Waals surface area contributed by atoms with Gasteiger partial charge < -0.3 is 29.5 Å². The van der Waals surface area contributed by atoms with Gasteiger partial charge in [0.2, 0.25) is 17.1 Å². The van der Waals surface area contributed by atoms with Crippen molar-refractivity contribution in [3.63, 3.8) is 0 Å². The summed E-state index contributed by atoms with van der Waals surface area (Å²) in [5.41, 5.74) is 6.16. The van der Waals surface area contributed by atoms with Gasteiger partial charge in [-0.3, -0.25) is 4.79 Å². The number of methoxy groups -OCH3 is 1. The second-order valence-corrected chi connectivity index (χ2v) is 6.81. The zero-order valence-electron chi connectivity index (χ0n) is 16.6. The molecule has 1 aliphatic heterocycles. The van der Waals surface area contributed by atoms with Crippen LogP contribution in [0.1, 0.15) is 47.2 Å². The molecular formula is C21H21NO8. The Morgan fingerprint density at radius 3 is 2.43 bits per heavy atom. The second kappa shape index (κ2) is 8.42. The summed E-state index contributed by atoms with van der Waals surface area (Å²) in [5, 5.41) is 9.44. The SMILES string of the molecule is COC(=O)c1ccc(C2C(C(=O)OC(C)C)=C(N)Oc3c2oc(CO)cc3=O)cc1. The first-order valence-electron chi connectivity index (χ1n) is 9.11. The molecule has 0 aliphatic carbocycles. The number of hydrogen-bond acceptors (Lipinski definition) is 9. The third-order valence-corrected chi connectivity index (χ3v) is 4.39. The fourth-order valence-electron chi connectivity index (χ4n) is 3.10. The first-order valence-corrected chi connectivity index (χ1v) is 9.11. The molecule has 1 atom stereocenters. The number of carbonyl (C=O) groups excluding carboxylic acids is 2. The maximum atomic E-state index is 12.8. The quantitative estimate of drug-likeness (QED) is 0.697. The van der Waals surface area contributed by atoms with Gasteiger partial charge in [-0.05, 0) is 31.5 Å². The lowest BCUT2D eigenvalue weighted by atomic mass is 9.86. The van der Waals surface area contributed by atoms with Gasteiger partial charge in [-0.15, -0.1) is 0 Å². The van der Waals surface area contributed by atoms with E-state index in [1.807, 2.05) is 0 Å². The summed E-state index contributed by atoms with van der Waals surface area (Å²) in [6.07, 6.45) is -0.433. The lowest BCUT2D eigenvalue weighted by molar-refractivity contribution is -0.143. The molecule has 9 heteroatoms. The van der Waals surface area contributed by atoms with E-state index in [1.54, 1.807) is 26.0 Å². The zero-order valence-corrected chi connectivity index (χ0v) is 16.6. The van der Waals surface area contributed by atoms with Crippen LogP contribution < -0.4 is 15.9 Å². The van der Waals surface area contributed by atoms with E-state index in [2.05, 4.69) is 0 Å². The van der Waals surface area contributed by atoms with Crippen molar-refractivity contribution in [1.82, 2.24) is 0 Å². The first kappa shape index (κ1) is 21.1. The minimum atomic E-state index is -0.953. The summed E-state index contributed by atoms with van der Waals surface area (Å²) >= 11 is 0. The van der Waals surface area contributed by atoms with Crippen molar-refractivity contribution >= 4 is 11.9 Å². The molecule has 30 heavy (non-hydrogen) atoms. The molecule has 2 heterocycles. The van der Waals surface area contributed by atoms with Crippen molar-refractivity contribution in [1.29, 1.82) is 0 Å². The van der Waals surface area contributed by atoms with Gasteiger partial charge in [0.15, 0.2) is 5.76 Å². The maximum Gasteiger partial charge on any atom is 0.340 e. The van der Waals surface area contributed by atoms with Gasteiger partial charge in [0, 0.05) is 6.07 Å². The minimum Gasteiger partial charge on any atom is -0.465 e.